The van der Waals surface area contributed by atoms with Crippen LogP contribution in [0.15, 0.2) is 65.7 Å². The van der Waals surface area contributed by atoms with Gasteiger partial charge in [0.15, 0.2) is 0 Å². The predicted octanol–water partition coefficient (Wildman–Crippen LogP) is 5.14. The van der Waals surface area contributed by atoms with E-state index in [-0.39, 0.29) is 5.56 Å². The summed E-state index contributed by atoms with van der Waals surface area (Å²) < 4.78 is 39.1. The molecule has 33 heavy (non-hydrogen) atoms. The van der Waals surface area contributed by atoms with E-state index in [9.17, 15) is 18.0 Å². The maximum Gasteiger partial charge on any atom is 0.416 e. The molecule has 0 aliphatic carbocycles. The fourth-order valence-electron chi connectivity index (χ4n) is 3.94. The first-order valence-corrected chi connectivity index (χ1v) is 11.2. The molecule has 0 atom stereocenters. The lowest BCUT2D eigenvalue weighted by Crippen LogP contribution is -2.35. The lowest BCUT2D eigenvalue weighted by Gasteiger charge is -2.27. The Balaban J connectivity index is 1.32. The van der Waals surface area contributed by atoms with Gasteiger partial charge in [-0.1, -0.05) is 12.1 Å². The van der Waals surface area contributed by atoms with Gasteiger partial charge in [-0.2, -0.15) is 13.2 Å². The molecule has 4 aromatic rings. The highest BCUT2D eigenvalue weighted by molar-refractivity contribution is 7.15. The number of nitrogens with zero attached hydrogens (tertiary/aromatic N) is 3. The minimum absolute atomic E-state index is 0.153. The van der Waals surface area contributed by atoms with Crippen LogP contribution in [0.5, 0.6) is 0 Å². The molecule has 4 heterocycles. The number of pyridine rings is 1. The SMILES string of the molecule is O=c1[nH]c(-c2cccnc2)nc2c1CN(Cc1ccc(-c3cccc(C(F)(F)F)c3)s1)CC2. The summed E-state index contributed by atoms with van der Waals surface area (Å²) >= 11 is 1.47. The lowest BCUT2D eigenvalue weighted by molar-refractivity contribution is -0.137. The first kappa shape index (κ1) is 21.5. The first-order chi connectivity index (χ1) is 15.9. The lowest BCUT2D eigenvalue weighted by atomic mass is 10.1. The number of thiophene rings is 1. The van der Waals surface area contributed by atoms with Gasteiger partial charge in [0.25, 0.3) is 5.56 Å². The highest BCUT2D eigenvalue weighted by Crippen LogP contribution is 2.35. The number of fused-ring (bicyclic) bond motifs is 1. The fraction of sp³-hybridized carbons (Fsp3) is 0.208. The number of alkyl halides is 3. The van der Waals surface area contributed by atoms with Crippen molar-refractivity contribution in [1.29, 1.82) is 0 Å². The van der Waals surface area contributed by atoms with Gasteiger partial charge in [-0.15, -0.1) is 11.3 Å². The summed E-state index contributed by atoms with van der Waals surface area (Å²) in [7, 11) is 0. The van der Waals surface area contributed by atoms with E-state index in [4.69, 9.17) is 0 Å². The second-order valence-electron chi connectivity index (χ2n) is 7.89. The molecular formula is C24H19F3N4OS. The molecular weight excluding hydrogens is 449 g/mol. The van der Waals surface area contributed by atoms with Gasteiger partial charge >= 0.3 is 6.18 Å². The third kappa shape index (κ3) is 4.60. The average molecular weight is 469 g/mol. The minimum atomic E-state index is -4.37. The molecule has 1 aliphatic rings. The highest BCUT2D eigenvalue weighted by Gasteiger charge is 2.30. The van der Waals surface area contributed by atoms with Gasteiger partial charge in [-0.25, -0.2) is 4.98 Å². The molecule has 0 bridgehead atoms. The van der Waals surface area contributed by atoms with E-state index in [1.54, 1.807) is 24.5 Å². The van der Waals surface area contributed by atoms with Crippen molar-refractivity contribution in [1.82, 2.24) is 19.9 Å². The maximum absolute atomic E-state index is 13.0. The summed E-state index contributed by atoms with van der Waals surface area (Å²) in [6, 6.07) is 12.8. The molecule has 0 saturated carbocycles. The van der Waals surface area contributed by atoms with Crippen molar-refractivity contribution >= 4 is 11.3 Å². The molecule has 1 N–H and O–H groups in total. The molecule has 0 spiro atoms. The molecule has 1 aromatic carbocycles. The molecule has 0 amide bonds. The maximum atomic E-state index is 13.0. The van der Waals surface area contributed by atoms with Crippen molar-refractivity contribution < 1.29 is 13.2 Å². The van der Waals surface area contributed by atoms with Gasteiger partial charge in [0.1, 0.15) is 5.82 Å². The number of H-pyrrole nitrogens is 1. The van der Waals surface area contributed by atoms with Crippen LogP contribution < -0.4 is 5.56 Å². The number of aromatic amines is 1. The Morgan fingerprint density at radius 3 is 2.73 bits per heavy atom. The Bertz CT molecular complexity index is 1350. The van der Waals surface area contributed by atoms with Crippen LogP contribution in [-0.4, -0.2) is 26.4 Å². The molecule has 0 unspecified atom stereocenters. The van der Waals surface area contributed by atoms with Crippen molar-refractivity contribution in [3.63, 3.8) is 0 Å². The average Bonchev–Trinajstić information content (AvgIpc) is 3.28. The zero-order valence-electron chi connectivity index (χ0n) is 17.4. The van der Waals surface area contributed by atoms with E-state index in [2.05, 4.69) is 19.9 Å². The molecule has 0 radical (unpaired) electrons. The number of rotatable bonds is 4. The molecule has 1 aliphatic heterocycles. The molecule has 0 saturated heterocycles. The van der Waals surface area contributed by atoms with Gasteiger partial charge in [0.2, 0.25) is 0 Å². The summed E-state index contributed by atoms with van der Waals surface area (Å²) in [6.45, 7) is 1.83. The molecule has 3 aromatic heterocycles. The first-order valence-electron chi connectivity index (χ1n) is 10.4. The number of benzene rings is 1. The third-order valence-electron chi connectivity index (χ3n) is 5.60. The van der Waals surface area contributed by atoms with Crippen LogP contribution in [0.2, 0.25) is 0 Å². The minimum Gasteiger partial charge on any atom is -0.306 e. The van der Waals surface area contributed by atoms with Crippen molar-refractivity contribution in [3.8, 4) is 21.8 Å². The van der Waals surface area contributed by atoms with E-state index in [1.807, 2.05) is 18.2 Å². The van der Waals surface area contributed by atoms with Crippen molar-refractivity contribution in [2.24, 2.45) is 0 Å². The van der Waals surface area contributed by atoms with E-state index < -0.39 is 11.7 Å². The van der Waals surface area contributed by atoms with Gasteiger partial charge in [-0.05, 0) is 42.0 Å². The Morgan fingerprint density at radius 2 is 1.94 bits per heavy atom. The second kappa shape index (κ2) is 8.57. The Labute approximate surface area is 191 Å². The van der Waals surface area contributed by atoms with Crippen LogP contribution in [0.1, 0.15) is 21.7 Å². The molecule has 9 heteroatoms. The largest absolute Gasteiger partial charge is 0.416 e. The zero-order chi connectivity index (χ0) is 23.0. The zero-order valence-corrected chi connectivity index (χ0v) is 18.2. The van der Waals surface area contributed by atoms with Crippen LogP contribution in [0.4, 0.5) is 13.2 Å². The smallest absolute Gasteiger partial charge is 0.306 e. The molecule has 0 fully saturated rings. The van der Waals surface area contributed by atoms with Crippen LogP contribution in [0.25, 0.3) is 21.8 Å². The Kier molecular flexibility index (Phi) is 5.59. The summed E-state index contributed by atoms with van der Waals surface area (Å²) in [5.41, 5.74) is 1.96. The summed E-state index contributed by atoms with van der Waals surface area (Å²) in [6.07, 6.45) is -0.382. The number of aromatic nitrogens is 3. The summed E-state index contributed by atoms with van der Waals surface area (Å²) in [5.74, 6) is 0.518. The third-order valence-corrected chi connectivity index (χ3v) is 6.72. The number of halogens is 3. The normalized spacial score (nSPS) is 14.3. The van der Waals surface area contributed by atoms with Gasteiger partial charge < -0.3 is 4.98 Å². The predicted molar refractivity (Wildman–Crippen MR) is 121 cm³/mol. The van der Waals surface area contributed by atoms with E-state index in [0.29, 0.717) is 36.5 Å². The summed E-state index contributed by atoms with van der Waals surface area (Å²) in [5, 5.41) is 0. The van der Waals surface area contributed by atoms with Gasteiger partial charge in [0, 0.05) is 53.8 Å². The molecule has 5 nitrogen and oxygen atoms in total. The van der Waals surface area contributed by atoms with E-state index >= 15 is 0 Å². The molecule has 168 valence electrons. The number of hydrogen-bond acceptors (Lipinski definition) is 5. The Hall–Kier alpha value is -3.30. The monoisotopic (exact) mass is 468 g/mol. The van der Waals surface area contributed by atoms with Crippen LogP contribution in [0, 0.1) is 0 Å². The van der Waals surface area contributed by atoms with E-state index in [1.165, 1.54) is 23.5 Å². The van der Waals surface area contributed by atoms with Crippen molar-refractivity contribution in [2.75, 3.05) is 6.54 Å². The van der Waals surface area contributed by atoms with Crippen LogP contribution in [0.3, 0.4) is 0 Å². The van der Waals surface area contributed by atoms with Gasteiger partial charge in [0.05, 0.1) is 16.8 Å². The summed E-state index contributed by atoms with van der Waals surface area (Å²) in [4.78, 5) is 28.3. The van der Waals surface area contributed by atoms with Crippen molar-refractivity contribution in [3.05, 3.63) is 93.0 Å². The van der Waals surface area contributed by atoms with Crippen LogP contribution >= 0.6 is 11.3 Å². The fourth-order valence-corrected chi connectivity index (χ4v) is 4.99. The van der Waals surface area contributed by atoms with Crippen LogP contribution in [-0.2, 0) is 25.7 Å². The van der Waals surface area contributed by atoms with Crippen molar-refractivity contribution in [2.45, 2.75) is 25.7 Å². The Morgan fingerprint density at radius 1 is 1.09 bits per heavy atom. The topological polar surface area (TPSA) is 61.9 Å². The quantitative estimate of drug-likeness (QED) is 0.451. The van der Waals surface area contributed by atoms with Gasteiger partial charge in [-0.3, -0.25) is 14.7 Å². The number of hydrogen-bond donors (Lipinski definition) is 1. The highest BCUT2D eigenvalue weighted by atomic mass is 32.1. The number of nitrogens with one attached hydrogen (secondary N) is 1. The second-order valence-corrected chi connectivity index (χ2v) is 9.05. The molecule has 5 rings (SSSR count). The van der Waals surface area contributed by atoms with E-state index in [0.717, 1.165) is 33.6 Å². The standard InChI is InChI=1S/C24H19F3N4OS/c25-24(26,27)17-5-1-3-15(11-17)21-7-6-18(33-21)13-31-10-8-20-19(14-31)23(32)30-22(29-20)16-4-2-9-28-12-16/h1-7,9,11-12H,8,10,13-14H2,(H,29,30,32).